The lowest BCUT2D eigenvalue weighted by atomic mass is 9.76. The third kappa shape index (κ3) is 2.68. The molecule has 1 N–H and O–H groups in total. The van der Waals surface area contributed by atoms with E-state index >= 15 is 0 Å². The van der Waals surface area contributed by atoms with Crippen LogP contribution in [0.15, 0.2) is 0 Å². The topological polar surface area (TPSA) is 29.5 Å². The molecule has 0 bridgehead atoms. The highest BCUT2D eigenvalue weighted by molar-refractivity contribution is 5.01. The van der Waals surface area contributed by atoms with E-state index in [4.69, 9.17) is 9.84 Å². The summed E-state index contributed by atoms with van der Waals surface area (Å²) in [6.45, 7) is 8.37. The van der Waals surface area contributed by atoms with Crippen LogP contribution in [0.2, 0.25) is 0 Å². The Hall–Kier alpha value is -0.0800. The van der Waals surface area contributed by atoms with E-state index in [1.54, 1.807) is 0 Å². The van der Waals surface area contributed by atoms with Gasteiger partial charge in [0.2, 0.25) is 0 Å². The molecule has 2 nitrogen and oxygen atoms in total. The van der Waals surface area contributed by atoms with Gasteiger partial charge in [0.15, 0.2) is 0 Å². The van der Waals surface area contributed by atoms with Crippen LogP contribution in [0, 0.1) is 10.8 Å². The van der Waals surface area contributed by atoms with Crippen LogP contribution in [0.1, 0.15) is 40.0 Å². The Morgan fingerprint density at radius 2 is 1.85 bits per heavy atom. The molecule has 1 aliphatic carbocycles. The van der Waals surface area contributed by atoms with Crippen LogP contribution in [-0.4, -0.2) is 24.9 Å². The summed E-state index contributed by atoms with van der Waals surface area (Å²) < 4.78 is 5.30. The summed E-state index contributed by atoms with van der Waals surface area (Å²) in [4.78, 5) is 0. The number of ether oxygens (including phenoxy) is 1. The number of hydrogen-bond acceptors (Lipinski definition) is 2. The molecule has 1 saturated carbocycles. The molecule has 0 aromatic carbocycles. The van der Waals surface area contributed by atoms with Crippen molar-refractivity contribution in [1.29, 1.82) is 0 Å². The monoisotopic (exact) mass is 186 g/mol. The van der Waals surface area contributed by atoms with Crippen molar-refractivity contribution in [2.45, 2.75) is 40.0 Å². The minimum absolute atomic E-state index is 0.141. The summed E-state index contributed by atoms with van der Waals surface area (Å²) in [6, 6.07) is 0. The fourth-order valence-corrected chi connectivity index (χ4v) is 1.96. The second kappa shape index (κ2) is 3.97. The zero-order valence-corrected chi connectivity index (χ0v) is 9.10. The van der Waals surface area contributed by atoms with E-state index in [0.29, 0.717) is 17.4 Å². The number of aliphatic hydroxyl groups excluding tert-OH is 1. The number of hydrogen-bond donors (Lipinski definition) is 1. The van der Waals surface area contributed by atoms with Crippen LogP contribution < -0.4 is 0 Å². The van der Waals surface area contributed by atoms with E-state index in [9.17, 15) is 0 Å². The quantitative estimate of drug-likeness (QED) is 0.667. The second-order valence-electron chi connectivity index (χ2n) is 5.12. The first-order chi connectivity index (χ1) is 6.02. The highest BCUT2D eigenvalue weighted by Crippen LogP contribution is 2.60. The second-order valence-corrected chi connectivity index (χ2v) is 5.12. The first-order valence-corrected chi connectivity index (χ1v) is 5.20. The van der Waals surface area contributed by atoms with E-state index in [-0.39, 0.29) is 6.61 Å². The first-order valence-electron chi connectivity index (χ1n) is 5.20. The van der Waals surface area contributed by atoms with Crippen molar-refractivity contribution < 1.29 is 9.84 Å². The van der Waals surface area contributed by atoms with Gasteiger partial charge in [-0.15, -0.1) is 0 Å². The van der Waals surface area contributed by atoms with Crippen molar-refractivity contribution in [1.82, 2.24) is 0 Å². The van der Waals surface area contributed by atoms with Crippen molar-refractivity contribution in [3.05, 3.63) is 0 Å². The van der Waals surface area contributed by atoms with Crippen molar-refractivity contribution in [2.24, 2.45) is 10.8 Å². The molecule has 1 fully saturated rings. The lowest BCUT2D eigenvalue weighted by Gasteiger charge is -2.30. The lowest BCUT2D eigenvalue weighted by molar-refractivity contribution is 0.0632. The molecule has 0 heterocycles. The van der Waals surface area contributed by atoms with Gasteiger partial charge in [-0.2, -0.15) is 0 Å². The Morgan fingerprint density at radius 3 is 2.23 bits per heavy atom. The van der Waals surface area contributed by atoms with Crippen molar-refractivity contribution in [3.8, 4) is 0 Å². The van der Waals surface area contributed by atoms with Gasteiger partial charge in [-0.05, 0) is 30.1 Å². The molecule has 0 aromatic rings. The Morgan fingerprint density at radius 1 is 1.23 bits per heavy atom. The molecule has 1 rings (SSSR count). The Bertz CT molecular complexity index is 154. The van der Waals surface area contributed by atoms with E-state index in [1.807, 2.05) is 0 Å². The van der Waals surface area contributed by atoms with Crippen LogP contribution >= 0.6 is 0 Å². The highest BCUT2D eigenvalue weighted by Gasteiger charge is 2.50. The molecular weight excluding hydrogens is 164 g/mol. The van der Waals surface area contributed by atoms with Gasteiger partial charge in [-0.1, -0.05) is 20.8 Å². The van der Waals surface area contributed by atoms with Gasteiger partial charge in [0, 0.05) is 6.61 Å². The average molecular weight is 186 g/mol. The van der Waals surface area contributed by atoms with Gasteiger partial charge < -0.3 is 9.84 Å². The highest BCUT2D eigenvalue weighted by atomic mass is 16.5. The average Bonchev–Trinajstić information content (AvgIpc) is 2.77. The Labute approximate surface area is 81.3 Å². The van der Waals surface area contributed by atoms with E-state index < -0.39 is 0 Å². The number of aliphatic hydroxyl groups is 1. The van der Waals surface area contributed by atoms with Gasteiger partial charge >= 0.3 is 0 Å². The molecule has 0 unspecified atom stereocenters. The maximum absolute atomic E-state index is 8.55. The fourth-order valence-electron chi connectivity index (χ4n) is 1.96. The predicted octanol–water partition coefficient (Wildman–Crippen LogP) is 2.21. The van der Waals surface area contributed by atoms with E-state index in [2.05, 4.69) is 20.8 Å². The molecule has 0 aromatic heterocycles. The van der Waals surface area contributed by atoms with E-state index in [0.717, 1.165) is 13.0 Å². The van der Waals surface area contributed by atoms with Crippen LogP contribution in [0.5, 0.6) is 0 Å². The molecule has 0 aliphatic heterocycles. The summed E-state index contributed by atoms with van der Waals surface area (Å²) >= 11 is 0. The van der Waals surface area contributed by atoms with Gasteiger partial charge in [0.25, 0.3) is 0 Å². The summed E-state index contributed by atoms with van der Waals surface area (Å²) in [5.74, 6) is 0. The fraction of sp³-hybridized carbons (Fsp3) is 1.00. The summed E-state index contributed by atoms with van der Waals surface area (Å²) in [5, 5.41) is 8.55. The SMILES string of the molecule is CC(C)(C)C1(CCOCCO)CC1. The third-order valence-electron chi connectivity index (χ3n) is 3.41. The van der Waals surface area contributed by atoms with Crippen LogP contribution in [-0.2, 0) is 4.74 Å². The summed E-state index contributed by atoms with van der Waals surface area (Å²) in [6.07, 6.45) is 3.84. The molecule has 0 spiro atoms. The van der Waals surface area contributed by atoms with Gasteiger partial charge in [-0.3, -0.25) is 0 Å². The van der Waals surface area contributed by atoms with Gasteiger partial charge in [-0.25, -0.2) is 0 Å². The van der Waals surface area contributed by atoms with Crippen molar-refractivity contribution >= 4 is 0 Å². The maximum atomic E-state index is 8.55. The molecule has 0 radical (unpaired) electrons. The zero-order chi connectivity index (χ0) is 9.95. The molecule has 13 heavy (non-hydrogen) atoms. The van der Waals surface area contributed by atoms with Crippen LogP contribution in [0.25, 0.3) is 0 Å². The minimum Gasteiger partial charge on any atom is -0.394 e. The van der Waals surface area contributed by atoms with Crippen molar-refractivity contribution in [2.75, 3.05) is 19.8 Å². The molecule has 78 valence electrons. The predicted molar refractivity (Wildman–Crippen MR) is 53.6 cm³/mol. The third-order valence-corrected chi connectivity index (χ3v) is 3.41. The molecule has 1 aliphatic rings. The standard InChI is InChI=1S/C11H22O2/c1-10(2,3)11(4-5-11)6-8-13-9-7-12/h12H,4-9H2,1-3H3. The molecule has 0 atom stereocenters. The summed E-state index contributed by atoms with van der Waals surface area (Å²) in [7, 11) is 0. The first kappa shape index (κ1) is 11.0. The normalized spacial score (nSPS) is 20.3. The Balaban J connectivity index is 2.21. The molecule has 0 saturated heterocycles. The van der Waals surface area contributed by atoms with Crippen LogP contribution in [0.4, 0.5) is 0 Å². The van der Waals surface area contributed by atoms with Crippen LogP contribution in [0.3, 0.4) is 0 Å². The molecule has 2 heteroatoms. The largest absolute Gasteiger partial charge is 0.394 e. The molecular formula is C11H22O2. The molecule has 0 amide bonds. The smallest absolute Gasteiger partial charge is 0.0697 e. The van der Waals surface area contributed by atoms with Crippen molar-refractivity contribution in [3.63, 3.8) is 0 Å². The lowest BCUT2D eigenvalue weighted by Crippen LogP contribution is -2.23. The van der Waals surface area contributed by atoms with Gasteiger partial charge in [0.1, 0.15) is 0 Å². The minimum atomic E-state index is 0.141. The Kier molecular flexibility index (Phi) is 3.36. The zero-order valence-electron chi connectivity index (χ0n) is 9.10. The maximum Gasteiger partial charge on any atom is 0.0697 e. The summed E-state index contributed by atoms with van der Waals surface area (Å²) in [5.41, 5.74) is 0.942. The number of rotatable bonds is 5. The van der Waals surface area contributed by atoms with E-state index in [1.165, 1.54) is 12.8 Å². The van der Waals surface area contributed by atoms with Gasteiger partial charge in [0.05, 0.1) is 13.2 Å².